The van der Waals surface area contributed by atoms with E-state index < -0.39 is 0 Å². The van der Waals surface area contributed by atoms with Crippen molar-refractivity contribution >= 4 is 0 Å². The molecule has 0 amide bonds. The zero-order chi connectivity index (χ0) is 8.10. The van der Waals surface area contributed by atoms with E-state index in [1.165, 1.54) is 0 Å². The summed E-state index contributed by atoms with van der Waals surface area (Å²) in [4.78, 5) is 0. The fourth-order valence-electron chi connectivity index (χ4n) is 0.999. The van der Waals surface area contributed by atoms with E-state index in [4.69, 9.17) is 4.42 Å². The van der Waals surface area contributed by atoms with Gasteiger partial charge in [-0.05, 0) is 32.0 Å². The van der Waals surface area contributed by atoms with Gasteiger partial charge in [0, 0.05) is 0 Å². The number of furan rings is 1. The Kier molecular flexibility index (Phi) is 3.17. The molecule has 1 aromatic rings. The van der Waals surface area contributed by atoms with Gasteiger partial charge in [0.15, 0.2) is 0 Å². The molecule has 11 heavy (non-hydrogen) atoms. The minimum Gasteiger partial charge on any atom is -0.468 e. The molecule has 0 aromatic carbocycles. The second-order valence-electron chi connectivity index (χ2n) is 2.69. The van der Waals surface area contributed by atoms with Gasteiger partial charge < -0.3 is 9.73 Å². The summed E-state index contributed by atoms with van der Waals surface area (Å²) in [5.74, 6) is 1.01. The summed E-state index contributed by atoms with van der Waals surface area (Å²) in [7, 11) is 0. The third-order valence-corrected chi connectivity index (χ3v) is 1.67. The second-order valence-corrected chi connectivity index (χ2v) is 2.69. The quantitative estimate of drug-likeness (QED) is 0.718. The van der Waals surface area contributed by atoms with Crippen molar-refractivity contribution in [1.82, 2.24) is 5.32 Å². The smallest absolute Gasteiger partial charge is 0.120 e. The predicted molar refractivity (Wildman–Crippen MR) is 45.4 cm³/mol. The topological polar surface area (TPSA) is 25.2 Å². The Labute approximate surface area is 67.6 Å². The SMILES string of the molecule is CCCN[C@@H](C)c1ccco1. The van der Waals surface area contributed by atoms with Gasteiger partial charge >= 0.3 is 0 Å². The van der Waals surface area contributed by atoms with E-state index in [2.05, 4.69) is 19.2 Å². The molecule has 1 atom stereocenters. The average molecular weight is 153 g/mol. The Balaban J connectivity index is 2.36. The first-order valence-corrected chi connectivity index (χ1v) is 4.11. The van der Waals surface area contributed by atoms with Crippen LogP contribution in [-0.2, 0) is 0 Å². The van der Waals surface area contributed by atoms with Crippen LogP contribution in [-0.4, -0.2) is 6.54 Å². The minimum absolute atomic E-state index is 0.338. The van der Waals surface area contributed by atoms with Crippen molar-refractivity contribution in [2.45, 2.75) is 26.3 Å². The number of nitrogens with one attached hydrogen (secondary N) is 1. The number of hydrogen-bond acceptors (Lipinski definition) is 2. The van der Waals surface area contributed by atoms with Crippen LogP contribution in [0.3, 0.4) is 0 Å². The van der Waals surface area contributed by atoms with Gasteiger partial charge in [-0.3, -0.25) is 0 Å². The molecule has 0 unspecified atom stereocenters. The fraction of sp³-hybridized carbons (Fsp3) is 0.556. The molecule has 0 spiro atoms. The largest absolute Gasteiger partial charge is 0.468 e. The molecule has 0 radical (unpaired) electrons. The molecule has 0 aliphatic rings. The molecule has 62 valence electrons. The van der Waals surface area contributed by atoms with Crippen molar-refractivity contribution in [3.05, 3.63) is 24.2 Å². The number of rotatable bonds is 4. The van der Waals surface area contributed by atoms with Crippen LogP contribution < -0.4 is 5.32 Å². The van der Waals surface area contributed by atoms with Crippen molar-refractivity contribution in [2.75, 3.05) is 6.54 Å². The van der Waals surface area contributed by atoms with Crippen LogP contribution in [0.1, 0.15) is 32.1 Å². The lowest BCUT2D eigenvalue weighted by molar-refractivity contribution is 0.431. The molecule has 0 bridgehead atoms. The van der Waals surface area contributed by atoms with E-state index in [1.807, 2.05) is 12.1 Å². The Morgan fingerprint density at radius 1 is 1.64 bits per heavy atom. The molecule has 0 fully saturated rings. The number of hydrogen-bond donors (Lipinski definition) is 1. The highest BCUT2D eigenvalue weighted by Crippen LogP contribution is 2.11. The molecule has 1 rings (SSSR count). The van der Waals surface area contributed by atoms with Gasteiger partial charge in [0.2, 0.25) is 0 Å². The first kappa shape index (κ1) is 8.34. The highest BCUT2D eigenvalue weighted by atomic mass is 16.3. The van der Waals surface area contributed by atoms with E-state index in [-0.39, 0.29) is 0 Å². The second kappa shape index (κ2) is 4.19. The summed E-state index contributed by atoms with van der Waals surface area (Å²) in [6.07, 6.45) is 2.87. The molecular formula is C9H15NO. The lowest BCUT2D eigenvalue weighted by atomic mass is 10.2. The molecule has 0 aliphatic carbocycles. The third kappa shape index (κ3) is 2.39. The van der Waals surface area contributed by atoms with Gasteiger partial charge in [0.05, 0.1) is 12.3 Å². The fourth-order valence-corrected chi connectivity index (χ4v) is 0.999. The maximum atomic E-state index is 5.23. The van der Waals surface area contributed by atoms with Crippen molar-refractivity contribution in [3.63, 3.8) is 0 Å². The Hall–Kier alpha value is -0.760. The van der Waals surface area contributed by atoms with E-state index in [1.54, 1.807) is 6.26 Å². The van der Waals surface area contributed by atoms with Gasteiger partial charge in [0.25, 0.3) is 0 Å². The molecule has 1 aromatic heterocycles. The first-order valence-electron chi connectivity index (χ1n) is 4.11. The molecular weight excluding hydrogens is 138 g/mol. The maximum Gasteiger partial charge on any atom is 0.120 e. The van der Waals surface area contributed by atoms with Crippen LogP contribution in [0.2, 0.25) is 0 Å². The van der Waals surface area contributed by atoms with Crippen molar-refractivity contribution < 1.29 is 4.42 Å². The van der Waals surface area contributed by atoms with Crippen LogP contribution in [0.15, 0.2) is 22.8 Å². The van der Waals surface area contributed by atoms with E-state index in [9.17, 15) is 0 Å². The van der Waals surface area contributed by atoms with Crippen molar-refractivity contribution in [1.29, 1.82) is 0 Å². The van der Waals surface area contributed by atoms with Crippen molar-refractivity contribution in [3.8, 4) is 0 Å². The van der Waals surface area contributed by atoms with Gasteiger partial charge in [-0.25, -0.2) is 0 Å². The van der Waals surface area contributed by atoms with E-state index in [0.717, 1.165) is 18.7 Å². The van der Waals surface area contributed by atoms with Crippen LogP contribution in [0.25, 0.3) is 0 Å². The monoisotopic (exact) mass is 153 g/mol. The minimum atomic E-state index is 0.338. The Morgan fingerprint density at radius 3 is 3.00 bits per heavy atom. The maximum absolute atomic E-state index is 5.23. The Bertz CT molecular complexity index is 181. The molecule has 2 nitrogen and oxygen atoms in total. The van der Waals surface area contributed by atoms with Crippen LogP contribution in [0.5, 0.6) is 0 Å². The van der Waals surface area contributed by atoms with E-state index in [0.29, 0.717) is 6.04 Å². The molecule has 0 aliphatic heterocycles. The normalized spacial score (nSPS) is 13.3. The van der Waals surface area contributed by atoms with Crippen LogP contribution in [0.4, 0.5) is 0 Å². The summed E-state index contributed by atoms with van der Waals surface area (Å²) in [5, 5.41) is 3.34. The zero-order valence-corrected chi connectivity index (χ0v) is 7.13. The molecule has 0 saturated heterocycles. The van der Waals surface area contributed by atoms with E-state index >= 15 is 0 Å². The first-order chi connectivity index (χ1) is 5.34. The average Bonchev–Trinajstić information content (AvgIpc) is 2.52. The highest BCUT2D eigenvalue weighted by molar-refractivity contribution is 5.02. The zero-order valence-electron chi connectivity index (χ0n) is 7.13. The molecule has 2 heteroatoms. The molecule has 1 heterocycles. The van der Waals surface area contributed by atoms with Gasteiger partial charge in [0.1, 0.15) is 5.76 Å². The molecule has 0 saturated carbocycles. The molecule has 1 N–H and O–H groups in total. The van der Waals surface area contributed by atoms with Crippen LogP contribution >= 0.6 is 0 Å². The summed E-state index contributed by atoms with van der Waals surface area (Å²) < 4.78 is 5.23. The summed E-state index contributed by atoms with van der Waals surface area (Å²) in [5.41, 5.74) is 0. The highest BCUT2D eigenvalue weighted by Gasteiger charge is 2.04. The third-order valence-electron chi connectivity index (χ3n) is 1.67. The standard InChI is InChI=1S/C9H15NO/c1-3-6-10-8(2)9-5-4-7-11-9/h4-5,7-8,10H,3,6H2,1-2H3/t8-/m0/s1. The van der Waals surface area contributed by atoms with Crippen LogP contribution in [0, 0.1) is 0 Å². The van der Waals surface area contributed by atoms with Crippen molar-refractivity contribution in [2.24, 2.45) is 0 Å². The van der Waals surface area contributed by atoms with Gasteiger partial charge in [-0.2, -0.15) is 0 Å². The summed E-state index contributed by atoms with van der Waals surface area (Å²) in [6, 6.07) is 4.25. The Morgan fingerprint density at radius 2 is 2.45 bits per heavy atom. The predicted octanol–water partition coefficient (Wildman–Crippen LogP) is 2.34. The van der Waals surface area contributed by atoms with Gasteiger partial charge in [-0.15, -0.1) is 0 Å². The van der Waals surface area contributed by atoms with Gasteiger partial charge in [-0.1, -0.05) is 6.92 Å². The summed E-state index contributed by atoms with van der Waals surface area (Å²) >= 11 is 0. The lowest BCUT2D eigenvalue weighted by Gasteiger charge is -2.08. The lowest BCUT2D eigenvalue weighted by Crippen LogP contribution is -2.18. The summed E-state index contributed by atoms with van der Waals surface area (Å²) in [6.45, 7) is 5.30.